The fourth-order valence-corrected chi connectivity index (χ4v) is 5.98. The van der Waals surface area contributed by atoms with Crippen molar-refractivity contribution in [1.29, 1.82) is 0 Å². The van der Waals surface area contributed by atoms with Crippen LogP contribution in [0.4, 0.5) is 14.5 Å². The number of carbonyl (C=O) groups is 2. The summed E-state index contributed by atoms with van der Waals surface area (Å²) in [5.41, 5.74) is -0.636. The molecule has 2 aliphatic rings. The van der Waals surface area contributed by atoms with Crippen LogP contribution in [-0.4, -0.2) is 55.0 Å². The van der Waals surface area contributed by atoms with E-state index >= 15 is 4.39 Å². The zero-order valence-electron chi connectivity index (χ0n) is 27.5. The van der Waals surface area contributed by atoms with Crippen LogP contribution in [0.2, 0.25) is 0 Å². The van der Waals surface area contributed by atoms with Gasteiger partial charge in [0.05, 0.1) is 19.2 Å². The molecule has 250 valence electrons. The summed E-state index contributed by atoms with van der Waals surface area (Å²) in [6.07, 6.45) is 6.10. The average molecular weight is 649 g/mol. The van der Waals surface area contributed by atoms with Gasteiger partial charge in [-0.3, -0.25) is 14.6 Å². The minimum Gasteiger partial charge on any atom is -0.493 e. The number of halogens is 2. The van der Waals surface area contributed by atoms with Crippen LogP contribution >= 0.6 is 0 Å². The number of carbonyl (C=O) groups excluding carboxylic acids is 2. The maximum absolute atomic E-state index is 15.4. The predicted molar refractivity (Wildman–Crippen MR) is 177 cm³/mol. The summed E-state index contributed by atoms with van der Waals surface area (Å²) in [5.74, 6) is -0.607. The van der Waals surface area contributed by atoms with Crippen LogP contribution in [0.3, 0.4) is 0 Å². The Morgan fingerprint density at radius 1 is 0.936 bits per heavy atom. The molecule has 5 rings (SSSR count). The van der Waals surface area contributed by atoms with Gasteiger partial charge in [-0.1, -0.05) is 27.7 Å². The largest absolute Gasteiger partial charge is 0.493 e. The van der Waals surface area contributed by atoms with Crippen molar-refractivity contribution in [2.24, 2.45) is 10.8 Å². The summed E-state index contributed by atoms with van der Waals surface area (Å²) in [5, 5.41) is 6.11. The third-order valence-electron chi connectivity index (χ3n) is 9.05. The first kappa shape index (κ1) is 33.8. The van der Waals surface area contributed by atoms with Crippen LogP contribution in [0.1, 0.15) is 53.4 Å². The zero-order valence-corrected chi connectivity index (χ0v) is 27.5. The second-order valence-corrected chi connectivity index (χ2v) is 12.5. The Balaban J connectivity index is 1.28. The van der Waals surface area contributed by atoms with E-state index in [4.69, 9.17) is 14.2 Å². The lowest BCUT2D eigenvalue weighted by atomic mass is 9.93. The Kier molecular flexibility index (Phi) is 10.1. The summed E-state index contributed by atoms with van der Waals surface area (Å²) in [7, 11) is 1.55. The normalized spacial score (nSPS) is 18.3. The molecule has 0 saturated heterocycles. The van der Waals surface area contributed by atoms with Crippen LogP contribution in [0.5, 0.6) is 23.0 Å². The summed E-state index contributed by atoms with van der Waals surface area (Å²) >= 11 is 0. The lowest BCUT2D eigenvalue weighted by Gasteiger charge is -2.21. The predicted octanol–water partition coefficient (Wildman–Crippen LogP) is 7.29. The lowest BCUT2D eigenvalue weighted by molar-refractivity contribution is -0.135. The first-order valence-corrected chi connectivity index (χ1v) is 16.0. The summed E-state index contributed by atoms with van der Waals surface area (Å²) in [6.45, 7) is 11.3. The molecule has 2 aromatic carbocycles. The summed E-state index contributed by atoms with van der Waals surface area (Å²) in [4.78, 5) is 33.5. The Hall–Kier alpha value is -4.51. The molecule has 1 aromatic heterocycles. The molecule has 2 amide bonds. The Morgan fingerprint density at radius 3 is 2.32 bits per heavy atom. The molecule has 0 bridgehead atoms. The summed E-state index contributed by atoms with van der Waals surface area (Å²) in [6, 6.07) is 9.24. The number of hydrogen-bond acceptors (Lipinski definition) is 7. The molecule has 47 heavy (non-hydrogen) atoms. The number of hydrogen-bond donors (Lipinski definition) is 2. The zero-order chi connectivity index (χ0) is 33.8. The van der Waals surface area contributed by atoms with Crippen molar-refractivity contribution in [2.75, 3.05) is 38.7 Å². The number of amides is 2. The van der Waals surface area contributed by atoms with Crippen molar-refractivity contribution in [1.82, 2.24) is 15.2 Å². The average Bonchev–Trinajstić information content (AvgIpc) is 3.66. The van der Waals surface area contributed by atoms with Gasteiger partial charge in [-0.25, -0.2) is 8.78 Å². The molecule has 0 radical (unpaired) electrons. The van der Waals surface area contributed by atoms with Gasteiger partial charge in [0.25, 0.3) is 0 Å². The van der Waals surface area contributed by atoms with Crippen LogP contribution in [0, 0.1) is 16.6 Å². The Morgan fingerprint density at radius 2 is 1.68 bits per heavy atom. The highest BCUT2D eigenvalue weighted by Crippen LogP contribution is 2.64. The van der Waals surface area contributed by atoms with Gasteiger partial charge in [-0.15, -0.1) is 0 Å². The topological polar surface area (TPSA) is 102 Å². The van der Waals surface area contributed by atoms with Crippen LogP contribution < -0.4 is 24.8 Å². The quantitative estimate of drug-likeness (QED) is 0.140. The fraction of sp³-hybridized carbons (Fsp3) is 0.417. The Labute approximate surface area is 274 Å². The third-order valence-corrected chi connectivity index (χ3v) is 9.05. The number of pyridine rings is 1. The SMILES string of the molecule is CCN(CC)CCCOc1cc2nccc(Oc3ccc(NC(=O)C4(C(=O)NC5=CC=C(F)CC5)CC4(C)C)cc3F)c2cc1OC. The van der Waals surface area contributed by atoms with Crippen molar-refractivity contribution < 1.29 is 32.6 Å². The van der Waals surface area contributed by atoms with Gasteiger partial charge >= 0.3 is 0 Å². The number of fused-ring (bicyclic) bond motifs is 1. The van der Waals surface area contributed by atoms with Crippen LogP contribution in [0.15, 0.2) is 66.3 Å². The number of aromatic nitrogens is 1. The van der Waals surface area contributed by atoms with Crippen molar-refractivity contribution in [2.45, 2.75) is 53.4 Å². The van der Waals surface area contributed by atoms with Gasteiger partial charge in [0.15, 0.2) is 23.1 Å². The van der Waals surface area contributed by atoms with E-state index in [0.717, 1.165) is 32.1 Å². The highest BCUT2D eigenvalue weighted by molar-refractivity contribution is 6.14. The van der Waals surface area contributed by atoms with E-state index in [1.165, 1.54) is 24.3 Å². The molecule has 3 aromatic rings. The monoisotopic (exact) mass is 648 g/mol. The van der Waals surface area contributed by atoms with E-state index in [9.17, 15) is 14.0 Å². The molecule has 2 aliphatic carbocycles. The van der Waals surface area contributed by atoms with E-state index < -0.39 is 28.5 Å². The standard InChI is InChI=1S/C36H42F2N4O5/c1-6-42(7-2)17-8-18-46-32-21-28-26(20-31(32)45-5)29(15-16-39-28)47-30-14-13-25(19-27(30)38)41-34(44)36(22-35(36,3)4)33(43)40-24-11-9-23(37)10-12-24/h9,11,13-16,19-21H,6-8,10,12,17-18,22H2,1-5H3,(H,40,43)(H,41,44). The molecular weight excluding hydrogens is 606 g/mol. The molecule has 11 heteroatoms. The molecule has 1 unspecified atom stereocenters. The Bertz CT molecular complexity index is 1720. The van der Waals surface area contributed by atoms with E-state index in [1.807, 2.05) is 13.8 Å². The van der Waals surface area contributed by atoms with E-state index in [2.05, 4.69) is 34.4 Å². The number of anilines is 1. The second kappa shape index (κ2) is 14.1. The van der Waals surface area contributed by atoms with Crippen molar-refractivity contribution in [3.05, 3.63) is 72.1 Å². The minimum absolute atomic E-state index is 0.0603. The maximum Gasteiger partial charge on any atom is 0.240 e. The molecule has 1 saturated carbocycles. The third kappa shape index (κ3) is 7.25. The first-order chi connectivity index (χ1) is 22.5. The number of nitrogens with zero attached hydrogens (tertiary/aromatic N) is 2. The molecule has 1 fully saturated rings. The molecule has 2 N–H and O–H groups in total. The number of benzene rings is 2. The lowest BCUT2D eigenvalue weighted by Crippen LogP contribution is -2.42. The molecule has 0 spiro atoms. The van der Waals surface area contributed by atoms with Gasteiger partial charge in [-0.2, -0.15) is 0 Å². The molecule has 1 heterocycles. The van der Waals surface area contributed by atoms with Gasteiger partial charge in [0.1, 0.15) is 17.0 Å². The van der Waals surface area contributed by atoms with Gasteiger partial charge in [-0.05, 0) is 74.2 Å². The molecule has 0 aliphatic heterocycles. The number of allylic oxidation sites excluding steroid dienone is 4. The van der Waals surface area contributed by atoms with E-state index in [1.54, 1.807) is 31.5 Å². The summed E-state index contributed by atoms with van der Waals surface area (Å²) < 4.78 is 46.4. The second-order valence-electron chi connectivity index (χ2n) is 12.5. The van der Waals surface area contributed by atoms with Gasteiger partial charge in [0.2, 0.25) is 11.8 Å². The van der Waals surface area contributed by atoms with Crippen LogP contribution in [-0.2, 0) is 9.59 Å². The van der Waals surface area contributed by atoms with Crippen molar-refractivity contribution >= 4 is 28.4 Å². The maximum atomic E-state index is 15.4. The highest BCUT2D eigenvalue weighted by Gasteiger charge is 2.71. The van der Waals surface area contributed by atoms with Gasteiger partial charge < -0.3 is 29.7 Å². The first-order valence-electron chi connectivity index (χ1n) is 16.0. The van der Waals surface area contributed by atoms with Crippen molar-refractivity contribution in [3.63, 3.8) is 0 Å². The van der Waals surface area contributed by atoms with E-state index in [-0.39, 0.29) is 23.7 Å². The molecule has 9 nitrogen and oxygen atoms in total. The number of ether oxygens (including phenoxy) is 3. The van der Waals surface area contributed by atoms with E-state index in [0.29, 0.717) is 53.3 Å². The van der Waals surface area contributed by atoms with Gasteiger partial charge in [0, 0.05) is 48.1 Å². The molecule has 1 atom stereocenters. The minimum atomic E-state index is -1.35. The smallest absolute Gasteiger partial charge is 0.240 e. The molecular formula is C36H42F2N4O5. The number of methoxy groups -OCH3 is 1. The van der Waals surface area contributed by atoms with Crippen LogP contribution in [0.25, 0.3) is 10.9 Å². The fourth-order valence-electron chi connectivity index (χ4n) is 5.98. The number of rotatable bonds is 14. The van der Waals surface area contributed by atoms with Crippen molar-refractivity contribution in [3.8, 4) is 23.0 Å². The number of nitrogens with one attached hydrogen (secondary N) is 2. The highest BCUT2D eigenvalue weighted by atomic mass is 19.1.